The van der Waals surface area contributed by atoms with Crippen molar-refractivity contribution in [1.29, 1.82) is 5.26 Å². The minimum atomic E-state index is -0.486. The van der Waals surface area contributed by atoms with Gasteiger partial charge >= 0.3 is 6.03 Å². The van der Waals surface area contributed by atoms with Crippen molar-refractivity contribution in [2.75, 3.05) is 18.4 Å². The normalized spacial score (nSPS) is 13.9. The third-order valence-corrected chi connectivity index (χ3v) is 3.44. The molecule has 1 aromatic carbocycles. The molecule has 1 saturated heterocycles. The van der Waals surface area contributed by atoms with Crippen molar-refractivity contribution >= 4 is 35.1 Å². The molecule has 1 aromatic rings. The van der Waals surface area contributed by atoms with Crippen molar-refractivity contribution in [1.82, 2.24) is 10.2 Å². The van der Waals surface area contributed by atoms with Crippen LogP contribution in [0.2, 0.25) is 5.02 Å². The van der Waals surface area contributed by atoms with Gasteiger partial charge in [-0.3, -0.25) is 14.5 Å². The van der Waals surface area contributed by atoms with E-state index in [2.05, 4.69) is 10.6 Å². The number of nitrogens with one attached hydrogen (secondary N) is 2. The Labute approximate surface area is 131 Å². The van der Waals surface area contributed by atoms with Gasteiger partial charge in [0.15, 0.2) is 0 Å². The molecule has 0 atom stereocenters. The Hall–Kier alpha value is -2.59. The highest BCUT2D eigenvalue weighted by Gasteiger charge is 2.28. The number of hydrogen-bond donors (Lipinski definition) is 2. The lowest BCUT2D eigenvalue weighted by molar-refractivity contribution is -0.138. The molecule has 0 radical (unpaired) electrons. The Bertz CT molecular complexity index is 653. The number of amides is 4. The zero-order valence-corrected chi connectivity index (χ0v) is 12.3. The van der Waals surface area contributed by atoms with E-state index in [0.29, 0.717) is 11.3 Å². The van der Waals surface area contributed by atoms with E-state index in [4.69, 9.17) is 16.9 Å². The first-order valence-corrected chi connectivity index (χ1v) is 6.97. The lowest BCUT2D eigenvalue weighted by atomic mass is 10.2. The van der Waals surface area contributed by atoms with Gasteiger partial charge in [-0.2, -0.15) is 5.26 Å². The molecular weight excluding hydrogens is 308 g/mol. The average molecular weight is 321 g/mol. The van der Waals surface area contributed by atoms with Gasteiger partial charge < -0.3 is 10.6 Å². The van der Waals surface area contributed by atoms with Gasteiger partial charge in [-0.15, -0.1) is 0 Å². The molecule has 1 aliphatic rings. The molecule has 114 valence electrons. The molecule has 2 N–H and O–H groups in total. The van der Waals surface area contributed by atoms with E-state index in [9.17, 15) is 14.4 Å². The second-order valence-electron chi connectivity index (χ2n) is 4.63. The van der Waals surface area contributed by atoms with Crippen LogP contribution in [0.3, 0.4) is 0 Å². The average Bonchev–Trinajstić information content (AvgIpc) is 2.79. The molecule has 0 saturated carbocycles. The molecule has 0 spiro atoms. The van der Waals surface area contributed by atoms with Crippen molar-refractivity contribution in [3.8, 4) is 6.07 Å². The van der Waals surface area contributed by atoms with Crippen LogP contribution in [-0.4, -0.2) is 35.8 Å². The maximum absolute atomic E-state index is 11.7. The largest absolute Gasteiger partial charge is 0.336 e. The van der Waals surface area contributed by atoms with Gasteiger partial charge in [0.05, 0.1) is 10.6 Å². The van der Waals surface area contributed by atoms with Crippen LogP contribution in [0.5, 0.6) is 0 Å². The molecule has 1 aliphatic heterocycles. The van der Waals surface area contributed by atoms with Crippen molar-refractivity contribution in [2.45, 2.75) is 12.8 Å². The van der Waals surface area contributed by atoms with E-state index in [1.807, 2.05) is 6.07 Å². The number of halogens is 1. The highest BCUT2D eigenvalue weighted by atomic mass is 35.5. The predicted molar refractivity (Wildman–Crippen MR) is 79.1 cm³/mol. The summed E-state index contributed by atoms with van der Waals surface area (Å²) in [5, 5.41) is 14.1. The Morgan fingerprint density at radius 1 is 1.32 bits per heavy atom. The number of nitriles is 1. The number of carbonyl (C=O) groups excluding carboxylic acids is 3. The Balaban J connectivity index is 1.81. The molecule has 0 aliphatic carbocycles. The molecule has 2 rings (SSSR count). The maximum atomic E-state index is 11.7. The van der Waals surface area contributed by atoms with Crippen LogP contribution >= 0.6 is 11.6 Å². The van der Waals surface area contributed by atoms with Gasteiger partial charge in [0, 0.05) is 31.6 Å². The van der Waals surface area contributed by atoms with E-state index in [1.165, 1.54) is 12.1 Å². The van der Waals surface area contributed by atoms with Crippen LogP contribution in [0.4, 0.5) is 10.5 Å². The fourth-order valence-electron chi connectivity index (χ4n) is 2.01. The number of nitrogens with zero attached hydrogens (tertiary/aromatic N) is 2. The number of carbonyl (C=O) groups is 3. The number of urea groups is 1. The number of likely N-dealkylation sites (tertiary alicyclic amines) is 1. The van der Waals surface area contributed by atoms with Crippen LogP contribution < -0.4 is 10.6 Å². The first kappa shape index (κ1) is 15.8. The van der Waals surface area contributed by atoms with Crippen molar-refractivity contribution in [2.24, 2.45) is 0 Å². The third-order valence-electron chi connectivity index (χ3n) is 3.12. The summed E-state index contributed by atoms with van der Waals surface area (Å²) >= 11 is 5.86. The van der Waals surface area contributed by atoms with Crippen LogP contribution in [0, 0.1) is 11.3 Å². The zero-order chi connectivity index (χ0) is 16.1. The first-order chi connectivity index (χ1) is 10.5. The Kier molecular flexibility index (Phi) is 4.96. The monoisotopic (exact) mass is 320 g/mol. The molecule has 1 heterocycles. The SMILES string of the molecule is N#Cc1ccc(NC(=O)NCCN2C(=O)CCC2=O)cc1Cl. The zero-order valence-electron chi connectivity index (χ0n) is 11.6. The molecule has 1 fully saturated rings. The van der Waals surface area contributed by atoms with Gasteiger partial charge in [0.2, 0.25) is 11.8 Å². The summed E-state index contributed by atoms with van der Waals surface area (Å²) in [5.74, 6) is -0.433. The van der Waals surface area contributed by atoms with Crippen molar-refractivity contribution in [3.63, 3.8) is 0 Å². The standard InChI is InChI=1S/C14H13ClN4O3/c15-11-7-10(2-1-9(11)8-16)18-14(22)17-5-6-19-12(20)3-4-13(19)21/h1-2,7H,3-6H2,(H2,17,18,22). The molecule has 7 nitrogen and oxygen atoms in total. The van der Waals surface area contributed by atoms with Crippen LogP contribution in [0.15, 0.2) is 18.2 Å². The molecule has 0 bridgehead atoms. The maximum Gasteiger partial charge on any atom is 0.319 e. The summed E-state index contributed by atoms with van der Waals surface area (Å²) in [4.78, 5) is 35.6. The van der Waals surface area contributed by atoms with Crippen LogP contribution in [-0.2, 0) is 9.59 Å². The van der Waals surface area contributed by atoms with E-state index < -0.39 is 6.03 Å². The predicted octanol–water partition coefficient (Wildman–Crippen LogP) is 1.48. The molecule has 22 heavy (non-hydrogen) atoms. The van der Waals surface area contributed by atoms with Crippen molar-refractivity contribution in [3.05, 3.63) is 28.8 Å². The summed E-state index contributed by atoms with van der Waals surface area (Å²) in [5.41, 5.74) is 0.758. The second-order valence-corrected chi connectivity index (χ2v) is 5.03. The van der Waals surface area contributed by atoms with E-state index >= 15 is 0 Å². The number of imide groups is 1. The first-order valence-electron chi connectivity index (χ1n) is 6.59. The van der Waals surface area contributed by atoms with Crippen LogP contribution in [0.25, 0.3) is 0 Å². The fraction of sp³-hybridized carbons (Fsp3) is 0.286. The van der Waals surface area contributed by atoms with Crippen LogP contribution in [0.1, 0.15) is 18.4 Å². The lowest BCUT2D eigenvalue weighted by Crippen LogP contribution is -2.39. The number of hydrogen-bond acceptors (Lipinski definition) is 4. The summed E-state index contributed by atoms with van der Waals surface area (Å²) < 4.78 is 0. The summed E-state index contributed by atoms with van der Waals surface area (Å²) in [6.07, 6.45) is 0.462. The summed E-state index contributed by atoms with van der Waals surface area (Å²) in [6, 6.07) is 5.95. The quantitative estimate of drug-likeness (QED) is 0.820. The molecule has 0 unspecified atom stereocenters. The van der Waals surface area contributed by atoms with Gasteiger partial charge in [0.1, 0.15) is 6.07 Å². The summed E-state index contributed by atoms with van der Waals surface area (Å²) in [7, 11) is 0. The second kappa shape index (κ2) is 6.91. The van der Waals surface area contributed by atoms with E-state index in [-0.39, 0.29) is 42.8 Å². The lowest BCUT2D eigenvalue weighted by Gasteiger charge is -2.14. The topological polar surface area (TPSA) is 102 Å². The molecule has 4 amide bonds. The molecular formula is C14H13ClN4O3. The summed E-state index contributed by atoms with van der Waals surface area (Å²) in [6.45, 7) is 0.312. The minimum absolute atomic E-state index is 0.152. The minimum Gasteiger partial charge on any atom is -0.336 e. The van der Waals surface area contributed by atoms with Gasteiger partial charge in [-0.05, 0) is 18.2 Å². The smallest absolute Gasteiger partial charge is 0.319 e. The van der Waals surface area contributed by atoms with Gasteiger partial charge in [-0.25, -0.2) is 4.79 Å². The van der Waals surface area contributed by atoms with E-state index in [0.717, 1.165) is 4.90 Å². The number of rotatable bonds is 4. The Morgan fingerprint density at radius 3 is 2.59 bits per heavy atom. The number of anilines is 1. The molecule has 0 aromatic heterocycles. The van der Waals surface area contributed by atoms with Gasteiger partial charge in [-0.1, -0.05) is 11.6 Å². The highest BCUT2D eigenvalue weighted by Crippen LogP contribution is 2.20. The Morgan fingerprint density at radius 2 is 2.00 bits per heavy atom. The van der Waals surface area contributed by atoms with Gasteiger partial charge in [0.25, 0.3) is 0 Å². The fourth-order valence-corrected chi connectivity index (χ4v) is 2.24. The molecule has 8 heteroatoms. The highest BCUT2D eigenvalue weighted by molar-refractivity contribution is 6.32. The third kappa shape index (κ3) is 3.74. The number of benzene rings is 1. The van der Waals surface area contributed by atoms with E-state index in [1.54, 1.807) is 6.07 Å². The van der Waals surface area contributed by atoms with Crippen molar-refractivity contribution < 1.29 is 14.4 Å².